The quantitative estimate of drug-likeness (QED) is 0.413. The fourth-order valence-corrected chi connectivity index (χ4v) is 2.21. The Labute approximate surface area is 115 Å². The highest BCUT2D eigenvalue weighted by molar-refractivity contribution is 5.84. The van der Waals surface area contributed by atoms with E-state index >= 15 is 0 Å². The van der Waals surface area contributed by atoms with Crippen molar-refractivity contribution in [1.29, 1.82) is 0 Å². The lowest BCUT2D eigenvalue weighted by atomic mass is 9.92. The lowest BCUT2D eigenvalue weighted by Gasteiger charge is -2.18. The van der Waals surface area contributed by atoms with E-state index in [0.717, 1.165) is 0 Å². The summed E-state index contributed by atoms with van der Waals surface area (Å²) in [6, 6.07) is 6.55. The van der Waals surface area contributed by atoms with E-state index in [-0.39, 0.29) is 6.54 Å². The molecule has 1 saturated carbocycles. The van der Waals surface area contributed by atoms with Crippen molar-refractivity contribution in [2.45, 2.75) is 30.5 Å². The van der Waals surface area contributed by atoms with Crippen molar-refractivity contribution in [3.63, 3.8) is 0 Å². The Hall–Kier alpha value is -2.08. The van der Waals surface area contributed by atoms with Crippen molar-refractivity contribution < 1.29 is 20.1 Å². The van der Waals surface area contributed by atoms with E-state index in [1.165, 1.54) is 0 Å². The Morgan fingerprint density at radius 3 is 2.70 bits per heavy atom. The summed E-state index contributed by atoms with van der Waals surface area (Å²) in [5.74, 6) is -0.876. The highest BCUT2D eigenvalue weighted by Gasteiger charge is 2.51. The van der Waals surface area contributed by atoms with Crippen LogP contribution in [-0.2, 0) is 10.2 Å². The van der Waals surface area contributed by atoms with E-state index < -0.39 is 23.6 Å². The number of nitrogens with zero attached hydrogens (tertiary/aromatic N) is 3. The van der Waals surface area contributed by atoms with Gasteiger partial charge >= 0.3 is 5.97 Å². The Morgan fingerprint density at radius 2 is 2.15 bits per heavy atom. The van der Waals surface area contributed by atoms with Crippen molar-refractivity contribution in [2.75, 3.05) is 6.54 Å². The number of azide groups is 1. The minimum atomic E-state index is -1.22. The first kappa shape index (κ1) is 14.3. The number of aliphatic hydroxyl groups excluding tert-OH is 2. The second-order valence-electron chi connectivity index (χ2n) is 4.94. The summed E-state index contributed by atoms with van der Waals surface area (Å²) in [6.45, 7) is -0.244. The molecule has 0 aromatic heterocycles. The topological polar surface area (TPSA) is 127 Å². The van der Waals surface area contributed by atoms with E-state index in [4.69, 9.17) is 5.53 Å². The van der Waals surface area contributed by atoms with Crippen LogP contribution in [0, 0.1) is 0 Å². The van der Waals surface area contributed by atoms with Gasteiger partial charge in [-0.25, -0.2) is 0 Å². The molecule has 20 heavy (non-hydrogen) atoms. The number of benzene rings is 1. The molecule has 0 radical (unpaired) electrons. The Morgan fingerprint density at radius 1 is 1.45 bits per heavy atom. The predicted molar refractivity (Wildman–Crippen MR) is 70.0 cm³/mol. The third-order valence-corrected chi connectivity index (χ3v) is 3.64. The highest BCUT2D eigenvalue weighted by Crippen LogP contribution is 2.48. The van der Waals surface area contributed by atoms with Gasteiger partial charge in [0.15, 0.2) is 0 Å². The molecule has 1 aliphatic rings. The lowest BCUT2D eigenvalue weighted by Crippen LogP contribution is -2.23. The molecular formula is C13H15N3O4. The molecule has 2 rings (SSSR count). The summed E-state index contributed by atoms with van der Waals surface area (Å²) < 4.78 is 0. The van der Waals surface area contributed by atoms with E-state index in [2.05, 4.69) is 10.0 Å². The van der Waals surface area contributed by atoms with Gasteiger partial charge in [0, 0.05) is 4.91 Å². The molecule has 7 nitrogen and oxygen atoms in total. The van der Waals surface area contributed by atoms with Crippen LogP contribution in [0.3, 0.4) is 0 Å². The summed E-state index contributed by atoms with van der Waals surface area (Å²) in [5, 5.41) is 32.1. The molecule has 1 fully saturated rings. The maximum atomic E-state index is 11.3. The van der Waals surface area contributed by atoms with Gasteiger partial charge in [-0.1, -0.05) is 29.4 Å². The normalized spacial score (nSPS) is 18.7. The van der Waals surface area contributed by atoms with Crippen molar-refractivity contribution in [2.24, 2.45) is 5.11 Å². The minimum absolute atomic E-state index is 0.244. The van der Waals surface area contributed by atoms with Gasteiger partial charge in [0.1, 0.15) is 6.10 Å². The number of hydrogen-bond acceptors (Lipinski definition) is 4. The number of aliphatic carboxylic acids is 1. The molecule has 1 aromatic carbocycles. The molecule has 106 valence electrons. The SMILES string of the molecule is [N-]=[N+]=NCC(O)C(O)c1cccc(C2(C(=O)O)CC2)c1. The molecule has 0 bridgehead atoms. The minimum Gasteiger partial charge on any atom is -0.481 e. The molecule has 7 heteroatoms. The van der Waals surface area contributed by atoms with Gasteiger partial charge in [-0.15, -0.1) is 0 Å². The molecule has 0 saturated heterocycles. The summed E-state index contributed by atoms with van der Waals surface area (Å²) >= 11 is 0. The van der Waals surface area contributed by atoms with E-state index in [1.807, 2.05) is 0 Å². The third kappa shape index (κ3) is 2.60. The number of rotatable bonds is 6. The van der Waals surface area contributed by atoms with E-state index in [9.17, 15) is 20.1 Å². The molecule has 1 aliphatic carbocycles. The lowest BCUT2D eigenvalue weighted by molar-refractivity contribution is -0.140. The van der Waals surface area contributed by atoms with Gasteiger partial charge in [-0.2, -0.15) is 0 Å². The molecular weight excluding hydrogens is 262 g/mol. The second-order valence-corrected chi connectivity index (χ2v) is 4.94. The van der Waals surface area contributed by atoms with Crippen LogP contribution < -0.4 is 0 Å². The zero-order valence-electron chi connectivity index (χ0n) is 10.7. The summed E-state index contributed by atoms with van der Waals surface area (Å²) in [5.41, 5.74) is 8.37. The van der Waals surface area contributed by atoms with Gasteiger partial charge in [-0.3, -0.25) is 4.79 Å². The second kappa shape index (κ2) is 5.50. The Kier molecular flexibility index (Phi) is 3.94. The standard InChI is InChI=1S/C13H15N3O4/c14-16-15-7-10(17)11(18)8-2-1-3-9(6-8)13(4-5-13)12(19)20/h1-3,6,10-11,17-18H,4-5,7H2,(H,19,20). The van der Waals surface area contributed by atoms with Gasteiger partial charge in [-0.05, 0) is 29.5 Å². The first-order chi connectivity index (χ1) is 9.51. The molecule has 0 aliphatic heterocycles. The highest BCUT2D eigenvalue weighted by atomic mass is 16.4. The average Bonchev–Trinajstić information content (AvgIpc) is 3.25. The Balaban J connectivity index is 2.22. The molecule has 2 unspecified atom stereocenters. The monoisotopic (exact) mass is 277 g/mol. The van der Waals surface area contributed by atoms with Gasteiger partial charge in [0.2, 0.25) is 0 Å². The van der Waals surface area contributed by atoms with Crippen LogP contribution in [0.2, 0.25) is 0 Å². The van der Waals surface area contributed by atoms with Crippen LogP contribution in [0.1, 0.15) is 30.1 Å². The molecule has 1 aromatic rings. The predicted octanol–water partition coefficient (Wildman–Crippen LogP) is 1.51. The van der Waals surface area contributed by atoms with Crippen LogP contribution in [-0.4, -0.2) is 33.9 Å². The fraction of sp³-hybridized carbons (Fsp3) is 0.462. The van der Waals surface area contributed by atoms with Crippen LogP contribution >= 0.6 is 0 Å². The van der Waals surface area contributed by atoms with Crippen LogP contribution in [0.15, 0.2) is 29.4 Å². The van der Waals surface area contributed by atoms with Crippen molar-refractivity contribution in [3.05, 3.63) is 45.8 Å². The van der Waals surface area contributed by atoms with Crippen LogP contribution in [0.25, 0.3) is 10.4 Å². The first-order valence-electron chi connectivity index (χ1n) is 6.22. The molecule has 2 atom stereocenters. The number of carboxylic acid groups (broad SMARTS) is 1. The van der Waals surface area contributed by atoms with Crippen LogP contribution in [0.4, 0.5) is 0 Å². The Bertz CT molecular complexity index is 564. The van der Waals surface area contributed by atoms with Crippen molar-refractivity contribution in [3.8, 4) is 0 Å². The summed E-state index contributed by atoms with van der Waals surface area (Å²) in [4.78, 5) is 13.8. The molecule has 0 amide bonds. The zero-order chi connectivity index (χ0) is 14.8. The molecule has 0 spiro atoms. The van der Waals surface area contributed by atoms with E-state index in [0.29, 0.717) is 24.0 Å². The first-order valence-corrected chi connectivity index (χ1v) is 6.22. The molecule has 0 heterocycles. The van der Waals surface area contributed by atoms with Gasteiger partial charge < -0.3 is 15.3 Å². The van der Waals surface area contributed by atoms with Crippen molar-refractivity contribution in [1.82, 2.24) is 0 Å². The zero-order valence-corrected chi connectivity index (χ0v) is 10.7. The fourth-order valence-electron chi connectivity index (χ4n) is 2.21. The van der Waals surface area contributed by atoms with E-state index in [1.54, 1.807) is 24.3 Å². The number of hydrogen-bond donors (Lipinski definition) is 3. The molecule has 3 N–H and O–H groups in total. The number of carbonyl (C=O) groups is 1. The largest absolute Gasteiger partial charge is 0.481 e. The number of aliphatic hydroxyl groups is 2. The number of carboxylic acids is 1. The summed E-state index contributed by atoms with van der Waals surface area (Å²) in [6.07, 6.45) is -1.29. The maximum Gasteiger partial charge on any atom is 0.314 e. The van der Waals surface area contributed by atoms with Crippen molar-refractivity contribution >= 4 is 5.97 Å². The maximum absolute atomic E-state index is 11.3. The van der Waals surface area contributed by atoms with Crippen LogP contribution in [0.5, 0.6) is 0 Å². The smallest absolute Gasteiger partial charge is 0.314 e. The average molecular weight is 277 g/mol. The third-order valence-electron chi connectivity index (χ3n) is 3.64. The van der Waals surface area contributed by atoms with Gasteiger partial charge in [0.25, 0.3) is 0 Å². The summed E-state index contributed by atoms with van der Waals surface area (Å²) in [7, 11) is 0. The van der Waals surface area contributed by atoms with Gasteiger partial charge in [0.05, 0.1) is 18.1 Å².